The highest BCUT2D eigenvalue weighted by molar-refractivity contribution is 5.77. The van der Waals surface area contributed by atoms with Gasteiger partial charge in [0.15, 0.2) is 0 Å². The minimum Gasteiger partial charge on any atom is -0.496 e. The number of pyridine rings is 1. The molecular formula is C18H20N2O. The number of nitrogens with one attached hydrogen (secondary N) is 1. The number of rotatable bonds is 4. The molecule has 0 fully saturated rings. The van der Waals surface area contributed by atoms with E-state index in [1.54, 1.807) is 7.11 Å². The Morgan fingerprint density at radius 2 is 2.05 bits per heavy atom. The van der Waals surface area contributed by atoms with Crippen LogP contribution in [0.3, 0.4) is 0 Å². The van der Waals surface area contributed by atoms with E-state index in [2.05, 4.69) is 59.4 Å². The second-order valence-electron chi connectivity index (χ2n) is 5.23. The molecule has 0 bridgehead atoms. The first-order valence-corrected chi connectivity index (χ1v) is 7.12. The smallest absolute Gasteiger partial charge is 0.121 e. The van der Waals surface area contributed by atoms with Crippen LogP contribution in [0.25, 0.3) is 16.6 Å². The molecule has 0 saturated heterocycles. The Morgan fingerprint density at radius 1 is 1.19 bits per heavy atom. The Balaban J connectivity index is 2.19. The van der Waals surface area contributed by atoms with Gasteiger partial charge in [-0.1, -0.05) is 12.1 Å². The fourth-order valence-electron chi connectivity index (χ4n) is 2.84. The summed E-state index contributed by atoms with van der Waals surface area (Å²) in [7, 11) is 3.69. The van der Waals surface area contributed by atoms with Gasteiger partial charge in [0.05, 0.1) is 12.6 Å². The van der Waals surface area contributed by atoms with Gasteiger partial charge in [0.25, 0.3) is 0 Å². The van der Waals surface area contributed by atoms with Crippen molar-refractivity contribution in [3.05, 3.63) is 59.9 Å². The molecule has 2 heterocycles. The maximum Gasteiger partial charge on any atom is 0.121 e. The fourth-order valence-corrected chi connectivity index (χ4v) is 2.84. The number of benzene rings is 1. The lowest BCUT2D eigenvalue weighted by Crippen LogP contribution is -2.05. The number of methoxy groups -OCH3 is 1. The van der Waals surface area contributed by atoms with Gasteiger partial charge < -0.3 is 14.5 Å². The number of hydrogen-bond acceptors (Lipinski definition) is 2. The van der Waals surface area contributed by atoms with Crippen LogP contribution in [0.2, 0.25) is 0 Å². The first-order valence-electron chi connectivity index (χ1n) is 7.12. The van der Waals surface area contributed by atoms with Crippen molar-refractivity contribution in [2.45, 2.75) is 13.5 Å². The van der Waals surface area contributed by atoms with E-state index in [0.29, 0.717) is 0 Å². The quantitative estimate of drug-likeness (QED) is 0.789. The van der Waals surface area contributed by atoms with Crippen molar-refractivity contribution >= 4 is 5.52 Å². The summed E-state index contributed by atoms with van der Waals surface area (Å²) in [6, 6.07) is 12.6. The maximum atomic E-state index is 5.35. The van der Waals surface area contributed by atoms with Crippen molar-refractivity contribution in [2.75, 3.05) is 14.2 Å². The van der Waals surface area contributed by atoms with Crippen molar-refractivity contribution in [2.24, 2.45) is 0 Å². The summed E-state index contributed by atoms with van der Waals surface area (Å²) in [5, 5.41) is 3.27. The van der Waals surface area contributed by atoms with Gasteiger partial charge >= 0.3 is 0 Å². The van der Waals surface area contributed by atoms with E-state index in [4.69, 9.17) is 4.74 Å². The first kappa shape index (κ1) is 13.7. The van der Waals surface area contributed by atoms with Gasteiger partial charge in [-0.15, -0.1) is 0 Å². The number of aromatic nitrogens is 1. The Labute approximate surface area is 125 Å². The number of aryl methyl sites for hydroxylation is 1. The Bertz CT molecular complexity index is 774. The zero-order chi connectivity index (χ0) is 14.8. The van der Waals surface area contributed by atoms with E-state index in [9.17, 15) is 0 Å². The predicted molar refractivity (Wildman–Crippen MR) is 86.9 cm³/mol. The van der Waals surface area contributed by atoms with Crippen LogP contribution in [0.1, 0.15) is 11.1 Å². The third kappa shape index (κ3) is 2.41. The topological polar surface area (TPSA) is 25.7 Å². The molecule has 0 aliphatic carbocycles. The first-order chi connectivity index (χ1) is 10.2. The van der Waals surface area contributed by atoms with E-state index in [-0.39, 0.29) is 0 Å². The van der Waals surface area contributed by atoms with Crippen molar-refractivity contribution in [3.8, 4) is 16.9 Å². The molecule has 1 N–H and O–H groups in total. The molecule has 108 valence electrons. The second kappa shape index (κ2) is 5.62. The highest BCUT2D eigenvalue weighted by Gasteiger charge is 2.12. The van der Waals surface area contributed by atoms with E-state index in [0.717, 1.165) is 17.9 Å². The highest BCUT2D eigenvalue weighted by Crippen LogP contribution is 2.31. The van der Waals surface area contributed by atoms with Crippen LogP contribution < -0.4 is 10.1 Å². The third-order valence-electron chi connectivity index (χ3n) is 3.85. The van der Waals surface area contributed by atoms with E-state index < -0.39 is 0 Å². The number of fused-ring (bicyclic) bond motifs is 1. The lowest BCUT2D eigenvalue weighted by Gasteiger charge is -2.08. The monoisotopic (exact) mass is 280 g/mol. The molecule has 3 heteroatoms. The summed E-state index contributed by atoms with van der Waals surface area (Å²) >= 11 is 0. The normalized spacial score (nSPS) is 11.0. The second-order valence-corrected chi connectivity index (χ2v) is 5.23. The molecule has 0 spiro atoms. The molecule has 2 aromatic heterocycles. The molecule has 0 unspecified atom stereocenters. The third-order valence-corrected chi connectivity index (χ3v) is 3.85. The van der Waals surface area contributed by atoms with Crippen molar-refractivity contribution < 1.29 is 4.74 Å². The van der Waals surface area contributed by atoms with Gasteiger partial charge in [0, 0.05) is 24.5 Å². The van der Waals surface area contributed by atoms with E-state index in [1.807, 2.05) is 13.1 Å². The summed E-state index contributed by atoms with van der Waals surface area (Å²) in [5.41, 5.74) is 6.21. The molecule has 0 radical (unpaired) electrons. The number of hydrogen-bond donors (Lipinski definition) is 1. The van der Waals surface area contributed by atoms with Crippen LogP contribution in [0.4, 0.5) is 0 Å². The lowest BCUT2D eigenvalue weighted by molar-refractivity contribution is 0.412. The van der Waals surface area contributed by atoms with E-state index in [1.165, 1.54) is 22.2 Å². The summed E-state index contributed by atoms with van der Waals surface area (Å²) in [6.45, 7) is 2.93. The molecule has 3 nitrogen and oxygen atoms in total. The molecule has 0 amide bonds. The zero-order valence-corrected chi connectivity index (χ0v) is 12.7. The van der Waals surface area contributed by atoms with Gasteiger partial charge in [-0.05, 0) is 54.9 Å². The summed E-state index contributed by atoms with van der Waals surface area (Å²) in [4.78, 5) is 0. The fraction of sp³-hybridized carbons (Fsp3) is 0.222. The number of ether oxygens (including phenoxy) is 1. The van der Waals surface area contributed by atoms with Gasteiger partial charge in [0.1, 0.15) is 5.75 Å². The average Bonchev–Trinajstić information content (AvgIpc) is 2.87. The van der Waals surface area contributed by atoms with Crippen LogP contribution in [0.15, 0.2) is 48.8 Å². The minimum atomic E-state index is 0.848. The molecule has 0 aliphatic heterocycles. The Hall–Kier alpha value is -2.26. The van der Waals surface area contributed by atoms with Crippen molar-refractivity contribution in [1.29, 1.82) is 0 Å². The van der Waals surface area contributed by atoms with Crippen LogP contribution in [0, 0.1) is 6.92 Å². The van der Waals surface area contributed by atoms with Crippen LogP contribution in [-0.2, 0) is 6.54 Å². The predicted octanol–water partition coefficient (Wildman–Crippen LogP) is 3.64. The van der Waals surface area contributed by atoms with Gasteiger partial charge in [-0.3, -0.25) is 0 Å². The Kier molecular flexibility index (Phi) is 3.67. The molecule has 0 aliphatic rings. The summed E-state index contributed by atoms with van der Waals surface area (Å²) in [5.74, 6) is 0.928. The van der Waals surface area contributed by atoms with Gasteiger partial charge in [-0.25, -0.2) is 0 Å². The van der Waals surface area contributed by atoms with Crippen molar-refractivity contribution in [3.63, 3.8) is 0 Å². The molecule has 0 saturated carbocycles. The van der Waals surface area contributed by atoms with Gasteiger partial charge in [0.2, 0.25) is 0 Å². The molecule has 21 heavy (non-hydrogen) atoms. The van der Waals surface area contributed by atoms with Crippen LogP contribution in [-0.4, -0.2) is 18.6 Å². The SMILES string of the molecule is CNCc1c(-c2ccc(OC)c(C)c2)cn2ccccc12. The summed E-state index contributed by atoms with van der Waals surface area (Å²) < 4.78 is 7.54. The lowest BCUT2D eigenvalue weighted by atomic mass is 10.0. The van der Waals surface area contributed by atoms with Gasteiger partial charge in [-0.2, -0.15) is 0 Å². The molecule has 3 aromatic rings. The standard InChI is InChI=1S/C18H20N2O/c1-13-10-14(7-8-18(13)21-3)16-12-20-9-5-4-6-17(20)15(16)11-19-2/h4-10,12,19H,11H2,1-3H3. The van der Waals surface area contributed by atoms with Crippen LogP contribution >= 0.6 is 0 Å². The van der Waals surface area contributed by atoms with E-state index >= 15 is 0 Å². The molecule has 3 rings (SSSR count). The molecular weight excluding hydrogens is 260 g/mol. The summed E-state index contributed by atoms with van der Waals surface area (Å²) in [6.07, 6.45) is 4.29. The zero-order valence-electron chi connectivity index (χ0n) is 12.7. The molecule has 0 atom stereocenters. The number of nitrogens with zero attached hydrogens (tertiary/aromatic N) is 1. The van der Waals surface area contributed by atoms with Crippen LogP contribution in [0.5, 0.6) is 5.75 Å². The minimum absolute atomic E-state index is 0.848. The Morgan fingerprint density at radius 3 is 2.76 bits per heavy atom. The average molecular weight is 280 g/mol. The largest absolute Gasteiger partial charge is 0.496 e. The maximum absolute atomic E-state index is 5.35. The molecule has 1 aromatic carbocycles. The van der Waals surface area contributed by atoms with Crippen molar-refractivity contribution in [1.82, 2.24) is 9.72 Å². The highest BCUT2D eigenvalue weighted by atomic mass is 16.5.